The molecule has 3 rings (SSSR count). The van der Waals surface area contributed by atoms with Gasteiger partial charge in [-0.2, -0.15) is 0 Å². The number of benzene rings is 2. The topological polar surface area (TPSA) is 52.9 Å². The van der Waals surface area contributed by atoms with Gasteiger partial charge in [-0.25, -0.2) is 0 Å². The van der Waals surface area contributed by atoms with Crippen LogP contribution in [-0.2, 0) is 0 Å². The van der Waals surface area contributed by atoms with Gasteiger partial charge >= 0.3 is 0 Å². The lowest BCUT2D eigenvalue weighted by molar-refractivity contribution is -0.0350. The molecule has 26 heavy (non-hydrogen) atoms. The molecule has 0 aromatic heterocycles. The van der Waals surface area contributed by atoms with Gasteiger partial charge in [-0.3, -0.25) is 4.90 Å². The van der Waals surface area contributed by atoms with Gasteiger partial charge in [0.15, 0.2) is 0 Å². The van der Waals surface area contributed by atoms with E-state index in [0.29, 0.717) is 13.1 Å². The number of β-amino-alcohol motifs (C(OH)–C–C–N with tert-alkyl or cyclic N) is 2. The van der Waals surface area contributed by atoms with Gasteiger partial charge < -0.3 is 14.9 Å². The van der Waals surface area contributed by atoms with E-state index >= 15 is 0 Å². The third kappa shape index (κ3) is 5.45. The van der Waals surface area contributed by atoms with Gasteiger partial charge in [0.25, 0.3) is 0 Å². The molecule has 0 amide bonds. The Morgan fingerprint density at radius 1 is 1.12 bits per heavy atom. The fourth-order valence-electron chi connectivity index (χ4n) is 3.33. The van der Waals surface area contributed by atoms with Crippen LogP contribution in [0.4, 0.5) is 0 Å². The molecule has 1 aliphatic rings. The number of hydrogen-bond donors (Lipinski definition) is 2. The van der Waals surface area contributed by atoms with Crippen molar-refractivity contribution in [2.24, 2.45) is 0 Å². The van der Waals surface area contributed by atoms with E-state index in [1.807, 2.05) is 48.5 Å². The number of hydrogen-bond acceptors (Lipinski definition) is 4. The Balaban J connectivity index is 1.54. The van der Waals surface area contributed by atoms with Crippen LogP contribution in [0.25, 0.3) is 11.1 Å². The second-order valence-corrected chi connectivity index (χ2v) is 7.78. The minimum absolute atomic E-state index is 0.208. The normalized spacial score (nSPS) is 20.5. The second-order valence-electron chi connectivity index (χ2n) is 7.35. The highest BCUT2D eigenvalue weighted by molar-refractivity contribution is 6.30. The molecule has 2 aromatic rings. The lowest BCUT2D eigenvalue weighted by Gasteiger charge is -2.35. The summed E-state index contributed by atoms with van der Waals surface area (Å²) >= 11 is 5.93. The molecule has 140 valence electrons. The number of likely N-dealkylation sites (tertiary alicyclic amines) is 1. The molecule has 2 aromatic carbocycles. The van der Waals surface area contributed by atoms with Gasteiger partial charge in [0.1, 0.15) is 18.0 Å². The maximum absolute atomic E-state index is 10.6. The number of nitrogens with zero attached hydrogens (tertiary/aromatic N) is 1. The van der Waals surface area contributed by atoms with Crippen LogP contribution in [0.15, 0.2) is 48.5 Å². The minimum Gasteiger partial charge on any atom is -0.491 e. The summed E-state index contributed by atoms with van der Waals surface area (Å²) in [6, 6.07) is 15.5. The molecule has 0 saturated carbocycles. The Kier molecular flexibility index (Phi) is 6.20. The zero-order chi connectivity index (χ0) is 18.6. The molecule has 1 heterocycles. The molecule has 5 heteroatoms. The largest absolute Gasteiger partial charge is 0.491 e. The molecule has 2 unspecified atom stereocenters. The summed E-state index contributed by atoms with van der Waals surface area (Å²) in [5.74, 6) is 0.724. The summed E-state index contributed by atoms with van der Waals surface area (Å²) in [6.07, 6.45) is 1.51. The van der Waals surface area contributed by atoms with E-state index in [0.717, 1.165) is 41.3 Å². The first-order chi connectivity index (χ1) is 12.4. The van der Waals surface area contributed by atoms with E-state index < -0.39 is 5.60 Å². The van der Waals surface area contributed by atoms with Crippen molar-refractivity contribution in [3.8, 4) is 16.9 Å². The highest BCUT2D eigenvalue weighted by Gasteiger charge is 2.28. The molecular formula is C21H26ClNO3. The van der Waals surface area contributed by atoms with Gasteiger partial charge in [-0.05, 0) is 61.7 Å². The van der Waals surface area contributed by atoms with E-state index in [-0.39, 0.29) is 12.7 Å². The van der Waals surface area contributed by atoms with E-state index in [9.17, 15) is 10.2 Å². The van der Waals surface area contributed by atoms with Crippen molar-refractivity contribution in [3.63, 3.8) is 0 Å². The predicted octanol–water partition coefficient (Wildman–Crippen LogP) is 3.59. The van der Waals surface area contributed by atoms with Gasteiger partial charge in [0.05, 0.1) is 6.10 Å². The minimum atomic E-state index is -0.966. The lowest BCUT2D eigenvalue weighted by atomic mass is 10.0. The zero-order valence-corrected chi connectivity index (χ0v) is 15.8. The van der Waals surface area contributed by atoms with Crippen molar-refractivity contribution < 1.29 is 14.9 Å². The average molecular weight is 376 g/mol. The summed E-state index contributed by atoms with van der Waals surface area (Å²) in [6.45, 7) is 4.00. The summed E-state index contributed by atoms with van der Waals surface area (Å²) in [4.78, 5) is 2.10. The smallest absolute Gasteiger partial charge is 0.119 e. The Morgan fingerprint density at radius 2 is 1.73 bits per heavy atom. The molecule has 1 aliphatic heterocycles. The number of rotatable bonds is 6. The van der Waals surface area contributed by atoms with Crippen LogP contribution in [-0.4, -0.2) is 53.1 Å². The van der Waals surface area contributed by atoms with Crippen LogP contribution >= 0.6 is 11.6 Å². The molecule has 2 atom stereocenters. The van der Waals surface area contributed by atoms with Gasteiger partial charge in [0.2, 0.25) is 0 Å². The van der Waals surface area contributed by atoms with Crippen LogP contribution in [0.2, 0.25) is 5.02 Å². The van der Waals surface area contributed by atoms with Crippen molar-refractivity contribution >= 4 is 11.6 Å². The monoisotopic (exact) mass is 375 g/mol. The summed E-state index contributed by atoms with van der Waals surface area (Å²) in [7, 11) is 0. The van der Waals surface area contributed by atoms with Crippen LogP contribution in [0.1, 0.15) is 19.8 Å². The van der Waals surface area contributed by atoms with Crippen LogP contribution in [0, 0.1) is 0 Å². The van der Waals surface area contributed by atoms with E-state index in [1.54, 1.807) is 6.92 Å². The second kappa shape index (κ2) is 8.40. The Morgan fingerprint density at radius 3 is 2.35 bits per heavy atom. The maximum atomic E-state index is 10.6. The molecule has 1 saturated heterocycles. The standard InChI is InChI=1S/C21H26ClNO3/c1-21(25,14-23-12-2-3-19(24)13-23)15-26-20-10-6-17(7-11-20)16-4-8-18(22)9-5-16/h4-11,19,24-25H,2-3,12-15H2,1H3. The van der Waals surface area contributed by atoms with Crippen molar-refractivity contribution in [1.29, 1.82) is 0 Å². The third-order valence-corrected chi connectivity index (χ3v) is 4.88. The molecule has 1 fully saturated rings. The Hall–Kier alpha value is -1.59. The summed E-state index contributed by atoms with van der Waals surface area (Å²) < 4.78 is 5.79. The molecule has 4 nitrogen and oxygen atoms in total. The predicted molar refractivity (Wildman–Crippen MR) is 105 cm³/mol. The van der Waals surface area contributed by atoms with Gasteiger partial charge in [0, 0.05) is 18.1 Å². The van der Waals surface area contributed by atoms with Crippen LogP contribution in [0.5, 0.6) is 5.75 Å². The molecule has 0 radical (unpaired) electrons. The van der Waals surface area contributed by atoms with Crippen LogP contribution in [0.3, 0.4) is 0 Å². The summed E-state index contributed by atoms with van der Waals surface area (Å²) in [5, 5.41) is 21.1. The zero-order valence-electron chi connectivity index (χ0n) is 15.1. The lowest BCUT2D eigenvalue weighted by Crippen LogP contribution is -2.49. The maximum Gasteiger partial charge on any atom is 0.119 e. The Labute approximate surface area is 160 Å². The van der Waals surface area contributed by atoms with E-state index in [4.69, 9.17) is 16.3 Å². The highest BCUT2D eigenvalue weighted by atomic mass is 35.5. The fourth-order valence-corrected chi connectivity index (χ4v) is 3.45. The first-order valence-electron chi connectivity index (χ1n) is 9.03. The molecule has 0 spiro atoms. The van der Waals surface area contributed by atoms with E-state index in [2.05, 4.69) is 4.90 Å². The number of ether oxygens (including phenoxy) is 1. The third-order valence-electron chi connectivity index (χ3n) is 4.63. The number of halogens is 1. The number of piperidine rings is 1. The molecule has 0 bridgehead atoms. The Bertz CT molecular complexity index is 700. The number of aliphatic hydroxyl groups is 2. The molecular weight excluding hydrogens is 350 g/mol. The number of aliphatic hydroxyl groups excluding tert-OH is 1. The molecule has 2 N–H and O–H groups in total. The van der Waals surface area contributed by atoms with E-state index in [1.165, 1.54) is 0 Å². The van der Waals surface area contributed by atoms with Gasteiger partial charge in [-0.15, -0.1) is 0 Å². The SMILES string of the molecule is CC(O)(COc1ccc(-c2ccc(Cl)cc2)cc1)CN1CCCC(O)C1. The molecule has 0 aliphatic carbocycles. The quantitative estimate of drug-likeness (QED) is 0.810. The first kappa shape index (κ1) is 19.2. The first-order valence-corrected chi connectivity index (χ1v) is 9.41. The van der Waals surface area contributed by atoms with Gasteiger partial charge in [-0.1, -0.05) is 35.9 Å². The average Bonchev–Trinajstić information content (AvgIpc) is 2.61. The van der Waals surface area contributed by atoms with Crippen LogP contribution < -0.4 is 4.74 Å². The fraction of sp³-hybridized carbons (Fsp3) is 0.429. The van der Waals surface area contributed by atoms with Crippen molar-refractivity contribution in [2.45, 2.75) is 31.5 Å². The van der Waals surface area contributed by atoms with Crippen molar-refractivity contribution in [2.75, 3.05) is 26.2 Å². The van der Waals surface area contributed by atoms with Crippen molar-refractivity contribution in [1.82, 2.24) is 4.90 Å². The van der Waals surface area contributed by atoms with Crippen molar-refractivity contribution in [3.05, 3.63) is 53.6 Å². The highest BCUT2D eigenvalue weighted by Crippen LogP contribution is 2.24. The summed E-state index contributed by atoms with van der Waals surface area (Å²) in [5.41, 5.74) is 1.21.